The number of allylic oxidation sites excluding steroid dienone is 1. The maximum absolute atomic E-state index is 6.01. The Morgan fingerprint density at radius 3 is 2.57 bits per heavy atom. The molecule has 0 saturated carbocycles. The smallest absolute Gasteiger partial charge is 0.0439 e. The third-order valence-electron chi connectivity index (χ3n) is 2.46. The van der Waals surface area contributed by atoms with E-state index in [0.717, 1.165) is 28.4 Å². The van der Waals surface area contributed by atoms with Gasteiger partial charge in [0.25, 0.3) is 0 Å². The molecule has 0 aromatic heterocycles. The summed E-state index contributed by atoms with van der Waals surface area (Å²) < 4.78 is 0. The minimum atomic E-state index is 0.815. The Hall–Kier alpha value is -0.950. The maximum Gasteiger partial charge on any atom is 0.0439 e. The lowest BCUT2D eigenvalue weighted by Crippen LogP contribution is -1.99. The van der Waals surface area contributed by atoms with Gasteiger partial charge in [-0.2, -0.15) is 0 Å². The average Bonchev–Trinajstić information content (AvgIpc) is 2.19. The fourth-order valence-electron chi connectivity index (χ4n) is 1.20. The Balaban J connectivity index is 3.00. The highest BCUT2D eigenvalue weighted by Gasteiger charge is 2.04. The van der Waals surface area contributed by atoms with Crippen molar-refractivity contribution in [2.45, 2.75) is 27.2 Å². The number of anilines is 1. The van der Waals surface area contributed by atoms with Gasteiger partial charge in [-0.3, -0.25) is 0 Å². The fraction of sp³-hybridized carbons (Fsp3) is 0.333. The largest absolute Gasteiger partial charge is 0.359 e. The van der Waals surface area contributed by atoms with Crippen LogP contribution in [0, 0.1) is 13.8 Å². The van der Waals surface area contributed by atoms with Gasteiger partial charge in [-0.05, 0) is 43.5 Å². The van der Waals surface area contributed by atoms with Crippen molar-refractivity contribution in [1.29, 1.82) is 0 Å². The summed E-state index contributed by atoms with van der Waals surface area (Å²) in [5.41, 5.74) is 4.43. The molecule has 1 rings (SSSR count). The van der Waals surface area contributed by atoms with Crippen LogP contribution in [-0.4, -0.2) is 0 Å². The normalized spacial score (nSPS) is 10.0. The van der Waals surface area contributed by atoms with Crippen LogP contribution in [0.4, 0.5) is 5.69 Å². The number of benzene rings is 1. The molecule has 0 atom stereocenters. The van der Waals surface area contributed by atoms with Gasteiger partial charge >= 0.3 is 0 Å². The molecule has 0 aliphatic heterocycles. The van der Waals surface area contributed by atoms with Crippen molar-refractivity contribution >= 4 is 17.3 Å². The first kappa shape index (κ1) is 11.1. The van der Waals surface area contributed by atoms with E-state index in [1.54, 1.807) is 0 Å². The molecular weight excluding hydrogens is 194 g/mol. The number of nitrogens with one attached hydrogen (secondary N) is 1. The number of halogens is 1. The van der Waals surface area contributed by atoms with Crippen LogP contribution in [0.3, 0.4) is 0 Å². The monoisotopic (exact) mass is 209 g/mol. The first-order valence-corrected chi connectivity index (χ1v) is 5.14. The minimum Gasteiger partial charge on any atom is -0.359 e. The van der Waals surface area contributed by atoms with Crippen LogP contribution in [0.5, 0.6) is 0 Å². The molecule has 14 heavy (non-hydrogen) atoms. The van der Waals surface area contributed by atoms with Crippen molar-refractivity contribution < 1.29 is 0 Å². The molecule has 0 aliphatic rings. The van der Waals surface area contributed by atoms with Crippen molar-refractivity contribution in [2.24, 2.45) is 0 Å². The van der Waals surface area contributed by atoms with Gasteiger partial charge in [0, 0.05) is 16.4 Å². The minimum absolute atomic E-state index is 0.815. The number of hydrogen-bond acceptors (Lipinski definition) is 1. The van der Waals surface area contributed by atoms with Gasteiger partial charge in [-0.25, -0.2) is 0 Å². The van der Waals surface area contributed by atoms with Gasteiger partial charge in [0.2, 0.25) is 0 Å². The predicted octanol–water partition coefficient (Wildman–Crippen LogP) is 4.29. The first-order chi connectivity index (χ1) is 6.56. The SMILES string of the molecule is C=C(CC)Nc1ccc(Cl)c(C)c1C. The van der Waals surface area contributed by atoms with Gasteiger partial charge in [-0.15, -0.1) is 0 Å². The van der Waals surface area contributed by atoms with Crippen molar-refractivity contribution in [3.05, 3.63) is 40.6 Å². The van der Waals surface area contributed by atoms with Gasteiger partial charge in [0.05, 0.1) is 0 Å². The van der Waals surface area contributed by atoms with Gasteiger partial charge in [0.1, 0.15) is 0 Å². The summed E-state index contributed by atoms with van der Waals surface area (Å²) in [6, 6.07) is 3.90. The quantitative estimate of drug-likeness (QED) is 0.783. The lowest BCUT2D eigenvalue weighted by molar-refractivity contribution is 1.11. The second-order valence-electron chi connectivity index (χ2n) is 3.43. The fourth-order valence-corrected chi connectivity index (χ4v) is 1.41. The molecule has 1 nitrogen and oxygen atoms in total. The summed E-state index contributed by atoms with van der Waals surface area (Å²) in [6.07, 6.45) is 0.932. The van der Waals surface area contributed by atoms with Crippen LogP contribution in [0.15, 0.2) is 24.4 Å². The van der Waals surface area contributed by atoms with E-state index in [4.69, 9.17) is 11.6 Å². The van der Waals surface area contributed by atoms with Crippen LogP contribution < -0.4 is 5.32 Å². The Kier molecular flexibility index (Phi) is 3.59. The lowest BCUT2D eigenvalue weighted by Gasteiger charge is -2.13. The third-order valence-corrected chi connectivity index (χ3v) is 2.87. The second kappa shape index (κ2) is 4.52. The third kappa shape index (κ3) is 2.30. The zero-order chi connectivity index (χ0) is 10.7. The van der Waals surface area contributed by atoms with E-state index in [-0.39, 0.29) is 0 Å². The molecule has 76 valence electrons. The summed E-state index contributed by atoms with van der Waals surface area (Å²) in [5.74, 6) is 0. The van der Waals surface area contributed by atoms with Gasteiger partial charge in [-0.1, -0.05) is 25.1 Å². The van der Waals surface area contributed by atoms with Crippen LogP contribution in [0.25, 0.3) is 0 Å². The van der Waals surface area contributed by atoms with Crippen LogP contribution in [-0.2, 0) is 0 Å². The van der Waals surface area contributed by atoms with Crippen molar-refractivity contribution in [3.63, 3.8) is 0 Å². The molecule has 1 aromatic rings. The van der Waals surface area contributed by atoms with E-state index in [2.05, 4.69) is 25.7 Å². The highest BCUT2D eigenvalue weighted by atomic mass is 35.5. The summed E-state index contributed by atoms with van der Waals surface area (Å²) in [6.45, 7) is 10.1. The zero-order valence-electron chi connectivity index (χ0n) is 8.95. The highest BCUT2D eigenvalue weighted by Crippen LogP contribution is 2.26. The molecule has 0 radical (unpaired) electrons. The molecule has 0 bridgehead atoms. The number of hydrogen-bond donors (Lipinski definition) is 1. The standard InChI is InChI=1S/C12H16ClN/c1-5-8(2)14-12-7-6-11(13)9(3)10(12)4/h6-7,14H,2,5H2,1,3-4H3. The van der Waals surface area contributed by atoms with Crippen LogP contribution in [0.1, 0.15) is 24.5 Å². The summed E-state index contributed by atoms with van der Waals surface area (Å²) >= 11 is 6.01. The van der Waals surface area contributed by atoms with Crippen molar-refractivity contribution in [2.75, 3.05) is 5.32 Å². The van der Waals surface area contributed by atoms with Gasteiger partial charge < -0.3 is 5.32 Å². The van der Waals surface area contributed by atoms with Crippen molar-refractivity contribution in [1.82, 2.24) is 0 Å². The molecule has 1 aromatic carbocycles. The van der Waals surface area contributed by atoms with Crippen molar-refractivity contribution in [3.8, 4) is 0 Å². The summed E-state index contributed by atoms with van der Waals surface area (Å²) in [4.78, 5) is 0. The lowest BCUT2D eigenvalue weighted by atomic mass is 10.1. The van der Waals surface area contributed by atoms with E-state index in [1.165, 1.54) is 5.56 Å². The van der Waals surface area contributed by atoms with E-state index in [1.807, 2.05) is 19.1 Å². The molecule has 0 heterocycles. The van der Waals surface area contributed by atoms with E-state index >= 15 is 0 Å². The van der Waals surface area contributed by atoms with E-state index < -0.39 is 0 Å². The molecule has 0 aliphatic carbocycles. The summed E-state index contributed by atoms with van der Waals surface area (Å²) in [7, 11) is 0. The second-order valence-corrected chi connectivity index (χ2v) is 3.83. The average molecular weight is 210 g/mol. The Bertz CT molecular complexity index is 356. The zero-order valence-corrected chi connectivity index (χ0v) is 9.70. The van der Waals surface area contributed by atoms with E-state index in [0.29, 0.717) is 0 Å². The molecule has 2 heteroatoms. The molecule has 1 N–H and O–H groups in total. The Morgan fingerprint density at radius 1 is 1.36 bits per heavy atom. The maximum atomic E-state index is 6.01. The van der Waals surface area contributed by atoms with E-state index in [9.17, 15) is 0 Å². The topological polar surface area (TPSA) is 12.0 Å². The molecule has 0 spiro atoms. The predicted molar refractivity (Wildman–Crippen MR) is 64.0 cm³/mol. The molecule has 0 fully saturated rings. The Morgan fingerprint density at radius 2 is 2.00 bits per heavy atom. The summed E-state index contributed by atoms with van der Waals surface area (Å²) in [5, 5.41) is 4.09. The number of rotatable bonds is 3. The van der Waals surface area contributed by atoms with Gasteiger partial charge in [0.15, 0.2) is 0 Å². The van der Waals surface area contributed by atoms with Crippen LogP contribution >= 0.6 is 11.6 Å². The molecule has 0 amide bonds. The Labute approximate surface area is 90.8 Å². The molecule has 0 saturated heterocycles. The molecule has 0 unspecified atom stereocenters. The van der Waals surface area contributed by atoms with Crippen LogP contribution in [0.2, 0.25) is 5.02 Å². The first-order valence-electron chi connectivity index (χ1n) is 4.76. The molecular formula is C12H16ClN. The highest BCUT2D eigenvalue weighted by molar-refractivity contribution is 6.31.